The highest BCUT2D eigenvalue weighted by molar-refractivity contribution is 6.29. The minimum Gasteiger partial charge on any atom is -0.348 e. The van der Waals surface area contributed by atoms with Crippen LogP contribution >= 0.6 is 11.6 Å². The van der Waals surface area contributed by atoms with Crippen LogP contribution in [0.1, 0.15) is 35.3 Å². The third kappa shape index (κ3) is 3.07. The van der Waals surface area contributed by atoms with Crippen molar-refractivity contribution in [1.29, 1.82) is 0 Å². The smallest absolute Gasteiger partial charge is 0.251 e. The summed E-state index contributed by atoms with van der Waals surface area (Å²) in [5.41, 5.74) is 1.37. The van der Waals surface area contributed by atoms with E-state index in [1.807, 2.05) is 6.92 Å². The highest BCUT2D eigenvalue weighted by Gasteiger charge is 2.34. The summed E-state index contributed by atoms with van der Waals surface area (Å²) in [5, 5.41) is 3.47. The molecule has 1 atom stereocenters. The van der Waals surface area contributed by atoms with Crippen LogP contribution < -0.4 is 5.32 Å². The Balaban J connectivity index is 1.61. The van der Waals surface area contributed by atoms with Crippen molar-refractivity contribution >= 4 is 17.5 Å². The lowest BCUT2D eigenvalue weighted by atomic mass is 10.2. The molecule has 19 heavy (non-hydrogen) atoms. The Morgan fingerprint density at radius 2 is 2.21 bits per heavy atom. The van der Waals surface area contributed by atoms with Gasteiger partial charge in [0.1, 0.15) is 5.15 Å². The van der Waals surface area contributed by atoms with Crippen LogP contribution in [-0.2, 0) is 0 Å². The van der Waals surface area contributed by atoms with E-state index in [9.17, 15) is 4.79 Å². The predicted molar refractivity (Wildman–Crippen MR) is 74.5 cm³/mol. The summed E-state index contributed by atoms with van der Waals surface area (Å²) < 4.78 is 0. The Kier molecular flexibility index (Phi) is 3.46. The molecule has 0 radical (unpaired) electrons. The third-order valence-electron chi connectivity index (χ3n) is 3.80. The molecule has 1 N–H and O–H groups in total. The highest BCUT2D eigenvalue weighted by Crippen LogP contribution is 2.29. The molecule has 1 aromatic heterocycles. The number of aryl methyl sites for hydroxylation is 1. The minimum absolute atomic E-state index is 0.0463. The van der Waals surface area contributed by atoms with Crippen molar-refractivity contribution in [1.82, 2.24) is 15.2 Å². The summed E-state index contributed by atoms with van der Waals surface area (Å²) in [6, 6.07) is 4.44. The van der Waals surface area contributed by atoms with Gasteiger partial charge in [-0.05, 0) is 38.3 Å². The van der Waals surface area contributed by atoms with E-state index in [-0.39, 0.29) is 11.9 Å². The maximum atomic E-state index is 12.2. The maximum Gasteiger partial charge on any atom is 0.251 e. The number of likely N-dealkylation sites (tertiary alicyclic amines) is 1. The Hall–Kier alpha value is -1.13. The van der Waals surface area contributed by atoms with Gasteiger partial charge in [0.05, 0.1) is 0 Å². The first-order valence-corrected chi connectivity index (χ1v) is 7.19. The van der Waals surface area contributed by atoms with E-state index in [4.69, 9.17) is 11.6 Å². The number of halogens is 1. The van der Waals surface area contributed by atoms with Crippen molar-refractivity contribution in [3.8, 4) is 0 Å². The molecule has 1 aliphatic carbocycles. The molecule has 1 amide bonds. The Morgan fingerprint density at radius 1 is 1.42 bits per heavy atom. The largest absolute Gasteiger partial charge is 0.348 e. The van der Waals surface area contributed by atoms with Gasteiger partial charge in [-0.3, -0.25) is 9.69 Å². The summed E-state index contributed by atoms with van der Waals surface area (Å²) in [6.45, 7) is 3.92. The maximum absolute atomic E-state index is 12.2. The van der Waals surface area contributed by atoms with Crippen LogP contribution in [0.3, 0.4) is 0 Å². The van der Waals surface area contributed by atoms with Crippen LogP contribution in [0.5, 0.6) is 0 Å². The van der Waals surface area contributed by atoms with E-state index in [1.54, 1.807) is 12.1 Å². The van der Waals surface area contributed by atoms with Crippen LogP contribution in [-0.4, -0.2) is 41.0 Å². The molecule has 1 unspecified atom stereocenters. The summed E-state index contributed by atoms with van der Waals surface area (Å²) >= 11 is 5.88. The highest BCUT2D eigenvalue weighted by atomic mass is 35.5. The number of nitrogens with zero attached hydrogens (tertiary/aromatic N) is 2. The molecule has 1 saturated heterocycles. The summed E-state index contributed by atoms with van der Waals surface area (Å²) in [6.07, 6.45) is 3.68. The van der Waals surface area contributed by atoms with Crippen molar-refractivity contribution in [3.05, 3.63) is 28.5 Å². The van der Waals surface area contributed by atoms with E-state index >= 15 is 0 Å². The standard InChI is InChI=1S/C14H18ClN3O/c1-9-6-10(7-13(15)16-9)14(19)17-11-4-5-18(8-11)12-2-3-12/h6-7,11-12H,2-5,8H2,1H3,(H,17,19). The second-order valence-corrected chi connectivity index (χ2v) is 5.89. The number of amides is 1. The number of aromatic nitrogens is 1. The quantitative estimate of drug-likeness (QED) is 0.861. The first-order valence-electron chi connectivity index (χ1n) is 6.81. The lowest BCUT2D eigenvalue weighted by molar-refractivity contribution is 0.0937. The monoisotopic (exact) mass is 279 g/mol. The van der Waals surface area contributed by atoms with Crippen molar-refractivity contribution in [2.75, 3.05) is 13.1 Å². The van der Waals surface area contributed by atoms with Gasteiger partial charge >= 0.3 is 0 Å². The fourth-order valence-electron chi connectivity index (χ4n) is 2.70. The zero-order valence-corrected chi connectivity index (χ0v) is 11.8. The Bertz CT molecular complexity index is 481. The van der Waals surface area contributed by atoms with Crippen LogP contribution in [0, 0.1) is 6.92 Å². The van der Waals surface area contributed by atoms with Crippen LogP contribution in [0.25, 0.3) is 0 Å². The third-order valence-corrected chi connectivity index (χ3v) is 4.00. The average Bonchev–Trinajstić information content (AvgIpc) is 3.09. The fourth-order valence-corrected chi connectivity index (χ4v) is 2.96. The number of carbonyl (C=O) groups is 1. The molecule has 4 nitrogen and oxygen atoms in total. The Labute approximate surface area is 118 Å². The summed E-state index contributed by atoms with van der Waals surface area (Å²) in [5.74, 6) is -0.0463. The molecule has 5 heteroatoms. The topological polar surface area (TPSA) is 45.2 Å². The zero-order chi connectivity index (χ0) is 13.4. The number of pyridine rings is 1. The van der Waals surface area contributed by atoms with Gasteiger partial charge in [0.15, 0.2) is 0 Å². The fraction of sp³-hybridized carbons (Fsp3) is 0.571. The van der Waals surface area contributed by atoms with Gasteiger partial charge in [-0.25, -0.2) is 4.98 Å². The first kappa shape index (κ1) is 12.9. The second kappa shape index (κ2) is 5.10. The molecule has 1 aliphatic heterocycles. The summed E-state index contributed by atoms with van der Waals surface area (Å²) in [4.78, 5) is 18.7. The molecule has 3 rings (SSSR count). The van der Waals surface area contributed by atoms with Gasteiger partial charge < -0.3 is 5.32 Å². The van der Waals surface area contributed by atoms with Crippen molar-refractivity contribution in [2.24, 2.45) is 0 Å². The van der Waals surface area contributed by atoms with Crippen LogP contribution in [0.4, 0.5) is 0 Å². The SMILES string of the molecule is Cc1cc(C(=O)NC2CCN(C3CC3)C2)cc(Cl)n1. The van der Waals surface area contributed by atoms with Gasteiger partial charge in [0.2, 0.25) is 0 Å². The van der Waals surface area contributed by atoms with Crippen molar-refractivity contribution in [2.45, 2.75) is 38.3 Å². The molecule has 0 spiro atoms. The molecule has 1 saturated carbocycles. The van der Waals surface area contributed by atoms with Gasteiger partial charge in [0.25, 0.3) is 5.91 Å². The average molecular weight is 280 g/mol. The first-order chi connectivity index (χ1) is 9.11. The van der Waals surface area contributed by atoms with E-state index < -0.39 is 0 Å². The summed E-state index contributed by atoms with van der Waals surface area (Å²) in [7, 11) is 0. The second-order valence-electron chi connectivity index (χ2n) is 5.51. The lowest BCUT2D eigenvalue weighted by Crippen LogP contribution is -2.37. The lowest BCUT2D eigenvalue weighted by Gasteiger charge is -2.16. The molecule has 0 bridgehead atoms. The molecule has 0 aromatic carbocycles. The molecule has 2 fully saturated rings. The molecular weight excluding hydrogens is 262 g/mol. The van der Waals surface area contributed by atoms with Gasteiger partial charge in [-0.1, -0.05) is 11.6 Å². The van der Waals surface area contributed by atoms with Crippen LogP contribution in [0.15, 0.2) is 12.1 Å². The van der Waals surface area contributed by atoms with E-state index in [1.165, 1.54) is 12.8 Å². The van der Waals surface area contributed by atoms with Gasteiger partial charge in [-0.2, -0.15) is 0 Å². The van der Waals surface area contributed by atoms with E-state index in [2.05, 4.69) is 15.2 Å². The van der Waals surface area contributed by atoms with Gasteiger partial charge in [-0.15, -0.1) is 0 Å². The molecule has 102 valence electrons. The molecule has 1 aromatic rings. The van der Waals surface area contributed by atoms with Crippen molar-refractivity contribution in [3.63, 3.8) is 0 Å². The minimum atomic E-state index is -0.0463. The van der Waals surface area contributed by atoms with Crippen LogP contribution in [0.2, 0.25) is 5.15 Å². The van der Waals surface area contributed by atoms with Gasteiger partial charge in [0, 0.05) is 36.4 Å². The Morgan fingerprint density at radius 3 is 2.89 bits per heavy atom. The normalized spacial score (nSPS) is 23.6. The number of hydrogen-bond donors (Lipinski definition) is 1. The number of hydrogen-bond acceptors (Lipinski definition) is 3. The number of nitrogens with one attached hydrogen (secondary N) is 1. The zero-order valence-electron chi connectivity index (χ0n) is 11.0. The predicted octanol–water partition coefficient (Wildman–Crippen LogP) is 2.01. The molecule has 2 heterocycles. The van der Waals surface area contributed by atoms with Crippen molar-refractivity contribution < 1.29 is 4.79 Å². The molecular formula is C14H18ClN3O. The molecule has 2 aliphatic rings. The number of carbonyl (C=O) groups excluding carboxylic acids is 1. The van der Waals surface area contributed by atoms with E-state index in [0.717, 1.165) is 31.2 Å². The van der Waals surface area contributed by atoms with E-state index in [0.29, 0.717) is 10.7 Å². The number of rotatable bonds is 3.